The molecule has 8 nitrogen and oxygen atoms in total. The molecule has 0 aliphatic carbocycles. The molecule has 166 valence electrons. The second kappa shape index (κ2) is 8.07. The van der Waals surface area contributed by atoms with Crippen LogP contribution in [0.2, 0.25) is 0 Å². The second-order valence-corrected chi connectivity index (χ2v) is 7.77. The fraction of sp³-hybridized carbons (Fsp3) is 0.160. The maximum Gasteiger partial charge on any atom is 0.337 e. The van der Waals surface area contributed by atoms with Crippen LogP contribution in [0.25, 0.3) is 0 Å². The minimum absolute atomic E-state index is 0.00816. The molecule has 3 aromatic rings. The van der Waals surface area contributed by atoms with Gasteiger partial charge in [0, 0.05) is 5.56 Å². The third kappa shape index (κ3) is 3.32. The number of phenols is 1. The number of benzene rings is 3. The van der Waals surface area contributed by atoms with Gasteiger partial charge in [0.2, 0.25) is 5.91 Å². The van der Waals surface area contributed by atoms with Crippen LogP contribution in [0, 0.1) is 5.92 Å². The Morgan fingerprint density at radius 1 is 0.879 bits per heavy atom. The van der Waals surface area contributed by atoms with Crippen molar-refractivity contribution in [1.29, 1.82) is 0 Å². The van der Waals surface area contributed by atoms with E-state index in [1.807, 2.05) is 30.3 Å². The average Bonchev–Trinajstić information content (AvgIpc) is 3.35. The third-order valence-electron chi connectivity index (χ3n) is 5.93. The molecule has 0 aromatic heterocycles. The lowest BCUT2D eigenvalue weighted by molar-refractivity contribution is -0.126. The Hall–Kier alpha value is -4.17. The van der Waals surface area contributed by atoms with Crippen molar-refractivity contribution in [3.05, 3.63) is 90.0 Å². The number of imide groups is 1. The van der Waals surface area contributed by atoms with Gasteiger partial charge in [0.15, 0.2) is 6.10 Å². The molecule has 1 N–H and O–H groups in total. The van der Waals surface area contributed by atoms with Gasteiger partial charge < -0.3 is 9.84 Å². The molecule has 2 aliphatic heterocycles. The zero-order valence-corrected chi connectivity index (χ0v) is 17.6. The number of hydroxylamine groups is 1. The van der Waals surface area contributed by atoms with Crippen LogP contribution in [-0.2, 0) is 19.2 Å². The summed E-state index contributed by atoms with van der Waals surface area (Å²) in [5, 5.41) is 12.1. The number of phenolic OH excluding ortho intramolecular Hbond substituents is 1. The number of para-hydroxylation sites is 2. The number of aromatic hydroxyl groups is 1. The Bertz CT molecular complexity index is 1230. The van der Waals surface area contributed by atoms with Crippen LogP contribution in [0.1, 0.15) is 22.0 Å². The van der Waals surface area contributed by atoms with E-state index in [0.29, 0.717) is 22.5 Å². The summed E-state index contributed by atoms with van der Waals surface area (Å²) in [4.78, 5) is 45.7. The number of fused-ring (bicyclic) bond motifs is 1. The van der Waals surface area contributed by atoms with Crippen molar-refractivity contribution in [2.24, 2.45) is 5.92 Å². The van der Waals surface area contributed by atoms with Gasteiger partial charge >= 0.3 is 5.97 Å². The molecule has 0 radical (unpaired) electrons. The van der Waals surface area contributed by atoms with Gasteiger partial charge in [-0.2, -0.15) is 0 Å². The van der Waals surface area contributed by atoms with E-state index in [9.17, 15) is 19.5 Å². The summed E-state index contributed by atoms with van der Waals surface area (Å²) in [7, 11) is 1.28. The lowest BCUT2D eigenvalue weighted by Crippen LogP contribution is -2.37. The summed E-state index contributed by atoms with van der Waals surface area (Å²) in [6, 6.07) is 21.1. The number of carbonyl (C=O) groups is 3. The first-order valence-electron chi connectivity index (χ1n) is 10.4. The summed E-state index contributed by atoms with van der Waals surface area (Å²) < 4.78 is 4.70. The van der Waals surface area contributed by atoms with Gasteiger partial charge in [-0.1, -0.05) is 36.4 Å². The fourth-order valence-corrected chi connectivity index (χ4v) is 4.39. The molecule has 33 heavy (non-hydrogen) atoms. The van der Waals surface area contributed by atoms with Crippen molar-refractivity contribution in [1.82, 2.24) is 0 Å². The molecule has 2 aliphatic rings. The molecule has 2 fully saturated rings. The highest BCUT2D eigenvalue weighted by Gasteiger charge is 2.60. The molecule has 2 saturated heterocycles. The van der Waals surface area contributed by atoms with Gasteiger partial charge in [-0.25, -0.2) is 14.8 Å². The molecule has 5 rings (SSSR count). The largest absolute Gasteiger partial charge is 0.508 e. The Balaban J connectivity index is 1.54. The van der Waals surface area contributed by atoms with Gasteiger partial charge in [-0.3, -0.25) is 14.4 Å². The predicted octanol–water partition coefficient (Wildman–Crippen LogP) is 3.23. The van der Waals surface area contributed by atoms with Crippen LogP contribution < -0.4 is 9.96 Å². The van der Waals surface area contributed by atoms with Crippen molar-refractivity contribution in [2.45, 2.75) is 12.1 Å². The van der Waals surface area contributed by atoms with Gasteiger partial charge in [-0.15, -0.1) is 0 Å². The first-order chi connectivity index (χ1) is 16.0. The summed E-state index contributed by atoms with van der Waals surface area (Å²) in [6.07, 6.45) is -1.05. The molecule has 0 spiro atoms. The molecule has 2 amide bonds. The number of hydrogen-bond acceptors (Lipinski definition) is 7. The number of carbonyl (C=O) groups excluding carboxylic acids is 3. The van der Waals surface area contributed by atoms with Crippen molar-refractivity contribution in [2.75, 3.05) is 17.1 Å². The zero-order valence-electron chi connectivity index (χ0n) is 17.6. The number of esters is 1. The number of nitrogens with zero attached hydrogens (tertiary/aromatic N) is 2. The molecule has 2 heterocycles. The molecule has 3 unspecified atom stereocenters. The number of hydrogen-bond donors (Lipinski definition) is 1. The number of methoxy groups -OCH3 is 1. The monoisotopic (exact) mass is 444 g/mol. The average molecular weight is 444 g/mol. The normalized spacial score (nSPS) is 21.9. The standard InChI is InChI=1S/C25H20N2O6/c1-32-25(31)15-11-13-16(14-12-15)26-23(29)20-21(18-9-5-6-10-19(18)28)27(33-22(20)24(26)30)17-7-3-2-4-8-17/h2-14,20-22,28H,1H3. The maximum absolute atomic E-state index is 13.6. The molecular formula is C25H20N2O6. The summed E-state index contributed by atoms with van der Waals surface area (Å²) in [5.41, 5.74) is 1.78. The molecule has 0 saturated carbocycles. The van der Waals surface area contributed by atoms with Crippen molar-refractivity contribution in [3.63, 3.8) is 0 Å². The van der Waals surface area contributed by atoms with Crippen molar-refractivity contribution < 1.29 is 29.1 Å². The highest BCUT2D eigenvalue weighted by Crippen LogP contribution is 2.49. The quantitative estimate of drug-likeness (QED) is 0.488. The van der Waals surface area contributed by atoms with E-state index >= 15 is 0 Å². The van der Waals surface area contributed by atoms with E-state index < -0.39 is 35.8 Å². The van der Waals surface area contributed by atoms with E-state index in [1.54, 1.807) is 18.2 Å². The van der Waals surface area contributed by atoms with E-state index in [1.165, 1.54) is 42.5 Å². The van der Waals surface area contributed by atoms with Gasteiger partial charge in [0.1, 0.15) is 11.7 Å². The Kier molecular flexibility index (Phi) is 5.07. The minimum atomic E-state index is -1.05. The fourth-order valence-electron chi connectivity index (χ4n) is 4.39. The van der Waals surface area contributed by atoms with Crippen LogP contribution >= 0.6 is 0 Å². The van der Waals surface area contributed by atoms with Crippen LogP contribution in [0.5, 0.6) is 5.75 Å². The second-order valence-electron chi connectivity index (χ2n) is 7.77. The molecule has 8 heteroatoms. The van der Waals surface area contributed by atoms with E-state index in [-0.39, 0.29) is 5.75 Å². The number of rotatable bonds is 4. The molecule has 0 bridgehead atoms. The Morgan fingerprint density at radius 2 is 1.55 bits per heavy atom. The SMILES string of the molecule is COC(=O)c1ccc(N2C(=O)C3ON(c4ccccc4)C(c4ccccc4O)C3C2=O)cc1. The topological polar surface area (TPSA) is 96.4 Å². The van der Waals surface area contributed by atoms with Crippen LogP contribution in [0.3, 0.4) is 0 Å². The predicted molar refractivity (Wildman–Crippen MR) is 118 cm³/mol. The van der Waals surface area contributed by atoms with E-state index in [4.69, 9.17) is 9.57 Å². The first-order valence-corrected chi connectivity index (χ1v) is 10.4. The van der Waals surface area contributed by atoms with Gasteiger partial charge in [0.25, 0.3) is 5.91 Å². The summed E-state index contributed by atoms with van der Waals surface area (Å²) >= 11 is 0. The number of anilines is 2. The molecule has 3 aromatic carbocycles. The van der Waals surface area contributed by atoms with Crippen LogP contribution in [0.15, 0.2) is 78.9 Å². The lowest BCUT2D eigenvalue weighted by Gasteiger charge is -2.29. The highest BCUT2D eigenvalue weighted by atomic mass is 16.7. The molecular weight excluding hydrogens is 424 g/mol. The van der Waals surface area contributed by atoms with Crippen LogP contribution in [0.4, 0.5) is 11.4 Å². The van der Waals surface area contributed by atoms with E-state index in [2.05, 4.69) is 0 Å². The maximum atomic E-state index is 13.6. The summed E-state index contributed by atoms with van der Waals surface area (Å²) in [6.45, 7) is 0. The Labute approximate surface area is 189 Å². The van der Waals surface area contributed by atoms with Gasteiger partial charge in [0.05, 0.1) is 30.1 Å². The highest BCUT2D eigenvalue weighted by molar-refractivity contribution is 6.24. The third-order valence-corrected chi connectivity index (χ3v) is 5.93. The van der Waals surface area contributed by atoms with Crippen molar-refractivity contribution in [3.8, 4) is 5.75 Å². The summed E-state index contributed by atoms with van der Waals surface area (Å²) in [5.74, 6) is -2.32. The van der Waals surface area contributed by atoms with E-state index in [0.717, 1.165) is 4.90 Å². The lowest BCUT2D eigenvalue weighted by atomic mass is 9.90. The minimum Gasteiger partial charge on any atom is -0.508 e. The Morgan fingerprint density at radius 3 is 2.21 bits per heavy atom. The molecule has 3 atom stereocenters. The number of ether oxygens (including phenoxy) is 1. The smallest absolute Gasteiger partial charge is 0.337 e. The van der Waals surface area contributed by atoms with Crippen molar-refractivity contribution >= 4 is 29.2 Å². The van der Waals surface area contributed by atoms with Crippen LogP contribution in [-0.4, -0.2) is 36.1 Å². The first kappa shape index (κ1) is 20.7. The van der Waals surface area contributed by atoms with Gasteiger partial charge in [-0.05, 0) is 42.5 Å². The number of amides is 2. The zero-order chi connectivity index (χ0) is 23.1.